The number of aromatic nitrogens is 3. The number of likely N-dealkylation sites (tertiary alicyclic amines) is 1. The Morgan fingerprint density at radius 3 is 2.93 bits per heavy atom. The highest BCUT2D eigenvalue weighted by Gasteiger charge is 2.42. The lowest BCUT2D eigenvalue weighted by atomic mass is 9.82. The first-order chi connectivity index (χ1) is 13.6. The zero-order valence-corrected chi connectivity index (χ0v) is 17.6. The summed E-state index contributed by atoms with van der Waals surface area (Å²) in [5.41, 5.74) is 1.05. The molecule has 1 fully saturated rings. The number of carbonyl (C=O) groups is 1. The summed E-state index contributed by atoms with van der Waals surface area (Å²) < 4.78 is 8.30. The average Bonchev–Trinajstić information content (AvgIpc) is 3.35. The minimum absolute atomic E-state index is 0.0356. The van der Waals surface area contributed by atoms with Crippen LogP contribution < -0.4 is 5.32 Å². The zero-order valence-electron chi connectivity index (χ0n) is 16.7. The number of rotatable bonds is 6. The summed E-state index contributed by atoms with van der Waals surface area (Å²) >= 11 is 1.62. The molecule has 2 aliphatic heterocycles. The Labute approximate surface area is 170 Å². The summed E-state index contributed by atoms with van der Waals surface area (Å²) in [4.78, 5) is 17.3. The van der Waals surface area contributed by atoms with Gasteiger partial charge in [-0.15, -0.1) is 21.5 Å². The Morgan fingerprint density at radius 1 is 1.36 bits per heavy atom. The van der Waals surface area contributed by atoms with E-state index in [-0.39, 0.29) is 11.5 Å². The molecule has 0 aromatic carbocycles. The van der Waals surface area contributed by atoms with Crippen molar-refractivity contribution in [1.29, 1.82) is 0 Å². The maximum atomic E-state index is 12.8. The van der Waals surface area contributed by atoms with Gasteiger partial charge in [0.05, 0.1) is 23.6 Å². The van der Waals surface area contributed by atoms with Gasteiger partial charge in [0.15, 0.2) is 5.82 Å². The standard InChI is InChI=1S/C20H29N5O2S/c1-3-8-25-14-22-23-18(25)13-21-19(26)17-12-15-16(28-17)5-11-27-20(15)6-9-24(4-2)10-7-20/h12,14H,3-11,13H2,1-2H3,(H,21,26). The molecule has 8 heteroatoms. The van der Waals surface area contributed by atoms with Crippen molar-refractivity contribution in [2.45, 2.75) is 58.2 Å². The molecule has 0 aliphatic carbocycles. The van der Waals surface area contributed by atoms with E-state index in [1.807, 2.05) is 4.57 Å². The molecule has 1 saturated heterocycles. The molecule has 28 heavy (non-hydrogen) atoms. The molecule has 4 heterocycles. The van der Waals surface area contributed by atoms with Crippen molar-refractivity contribution in [3.63, 3.8) is 0 Å². The Morgan fingerprint density at radius 2 is 2.18 bits per heavy atom. The molecule has 152 valence electrons. The smallest absolute Gasteiger partial charge is 0.261 e. The lowest BCUT2D eigenvalue weighted by molar-refractivity contribution is -0.0964. The number of nitrogens with zero attached hydrogens (tertiary/aromatic N) is 4. The van der Waals surface area contributed by atoms with Gasteiger partial charge in [0, 0.05) is 30.9 Å². The van der Waals surface area contributed by atoms with Gasteiger partial charge in [0.1, 0.15) is 6.33 Å². The quantitative estimate of drug-likeness (QED) is 0.803. The van der Waals surface area contributed by atoms with Crippen molar-refractivity contribution in [3.8, 4) is 0 Å². The van der Waals surface area contributed by atoms with Crippen LogP contribution in [0.5, 0.6) is 0 Å². The molecule has 1 N–H and O–H groups in total. The third-order valence-corrected chi connectivity index (χ3v) is 7.10. The normalized spacial score (nSPS) is 18.9. The van der Waals surface area contributed by atoms with Crippen LogP contribution in [0.4, 0.5) is 0 Å². The van der Waals surface area contributed by atoms with E-state index < -0.39 is 0 Å². The second-order valence-electron chi connectivity index (χ2n) is 7.60. The van der Waals surface area contributed by atoms with Gasteiger partial charge in [-0.3, -0.25) is 4.79 Å². The second kappa shape index (κ2) is 8.31. The fraction of sp³-hybridized carbons (Fsp3) is 0.650. The van der Waals surface area contributed by atoms with E-state index in [2.05, 4.69) is 40.3 Å². The van der Waals surface area contributed by atoms with E-state index in [1.54, 1.807) is 17.7 Å². The number of aryl methyl sites for hydroxylation is 1. The number of hydrogen-bond donors (Lipinski definition) is 1. The third kappa shape index (κ3) is 3.73. The number of nitrogens with one attached hydrogen (secondary N) is 1. The monoisotopic (exact) mass is 403 g/mol. The van der Waals surface area contributed by atoms with Gasteiger partial charge in [-0.25, -0.2) is 0 Å². The number of carbonyl (C=O) groups excluding carboxylic acids is 1. The maximum Gasteiger partial charge on any atom is 0.261 e. The van der Waals surface area contributed by atoms with Crippen molar-refractivity contribution in [2.75, 3.05) is 26.2 Å². The molecule has 0 atom stereocenters. The Bertz CT molecular complexity index is 822. The molecule has 2 aromatic heterocycles. The molecular weight excluding hydrogens is 374 g/mol. The molecule has 2 aromatic rings. The van der Waals surface area contributed by atoms with Gasteiger partial charge in [-0.1, -0.05) is 13.8 Å². The Kier molecular flexibility index (Phi) is 5.80. The highest BCUT2D eigenvalue weighted by atomic mass is 32.1. The van der Waals surface area contributed by atoms with E-state index in [0.717, 1.165) is 69.2 Å². The van der Waals surface area contributed by atoms with Gasteiger partial charge < -0.3 is 19.5 Å². The summed E-state index contributed by atoms with van der Waals surface area (Å²) in [6.07, 6.45) is 5.64. The number of amides is 1. The summed E-state index contributed by atoms with van der Waals surface area (Å²) in [6, 6.07) is 2.08. The molecule has 1 spiro atoms. The van der Waals surface area contributed by atoms with Gasteiger partial charge in [-0.05, 0) is 37.4 Å². The van der Waals surface area contributed by atoms with Crippen molar-refractivity contribution in [3.05, 3.63) is 33.5 Å². The minimum atomic E-state index is -0.199. The molecular formula is C20H29N5O2S. The van der Waals surface area contributed by atoms with Gasteiger partial charge in [0.25, 0.3) is 5.91 Å². The third-order valence-electron chi connectivity index (χ3n) is 5.91. The summed E-state index contributed by atoms with van der Waals surface area (Å²) in [7, 11) is 0. The average molecular weight is 404 g/mol. The summed E-state index contributed by atoms with van der Waals surface area (Å²) in [6.45, 7) is 9.53. The lowest BCUT2D eigenvalue weighted by Crippen LogP contribution is -2.46. The Hall–Kier alpha value is -1.77. The SMILES string of the molecule is CCCn1cnnc1CNC(=O)c1cc2c(s1)CCOC21CCN(CC)CC1. The van der Waals surface area contributed by atoms with Crippen LogP contribution in [0.2, 0.25) is 0 Å². The molecule has 0 saturated carbocycles. The molecule has 2 aliphatic rings. The van der Waals surface area contributed by atoms with Crippen LogP contribution in [0, 0.1) is 0 Å². The highest BCUT2D eigenvalue weighted by molar-refractivity contribution is 7.14. The van der Waals surface area contributed by atoms with Gasteiger partial charge in [0.2, 0.25) is 0 Å². The van der Waals surface area contributed by atoms with Gasteiger partial charge in [-0.2, -0.15) is 0 Å². The summed E-state index contributed by atoms with van der Waals surface area (Å²) in [5.74, 6) is 0.759. The van der Waals surface area contributed by atoms with Crippen molar-refractivity contribution < 1.29 is 9.53 Å². The Balaban J connectivity index is 1.47. The topological polar surface area (TPSA) is 72.3 Å². The van der Waals surface area contributed by atoms with Crippen LogP contribution in [-0.4, -0.2) is 51.8 Å². The van der Waals surface area contributed by atoms with Crippen molar-refractivity contribution >= 4 is 17.2 Å². The van der Waals surface area contributed by atoms with E-state index in [1.165, 1.54) is 10.4 Å². The minimum Gasteiger partial charge on any atom is -0.370 e. The molecule has 1 amide bonds. The van der Waals surface area contributed by atoms with Crippen LogP contribution in [0.25, 0.3) is 0 Å². The molecule has 0 bridgehead atoms. The maximum absolute atomic E-state index is 12.8. The molecule has 7 nitrogen and oxygen atoms in total. The number of fused-ring (bicyclic) bond motifs is 2. The fourth-order valence-corrected chi connectivity index (χ4v) is 5.41. The van der Waals surface area contributed by atoms with E-state index in [0.29, 0.717) is 6.54 Å². The molecule has 0 unspecified atom stereocenters. The summed E-state index contributed by atoms with van der Waals surface area (Å²) in [5, 5.41) is 11.1. The first-order valence-corrected chi connectivity index (χ1v) is 11.1. The number of hydrogen-bond acceptors (Lipinski definition) is 6. The van der Waals surface area contributed by atoms with Gasteiger partial charge >= 0.3 is 0 Å². The van der Waals surface area contributed by atoms with Crippen LogP contribution in [0.1, 0.15) is 59.0 Å². The first kappa shape index (κ1) is 19.5. The van der Waals surface area contributed by atoms with E-state index >= 15 is 0 Å². The lowest BCUT2D eigenvalue weighted by Gasteiger charge is -2.43. The van der Waals surface area contributed by atoms with E-state index in [9.17, 15) is 4.79 Å². The number of piperidine rings is 1. The van der Waals surface area contributed by atoms with Crippen molar-refractivity contribution in [1.82, 2.24) is 25.0 Å². The van der Waals surface area contributed by atoms with Crippen molar-refractivity contribution in [2.24, 2.45) is 0 Å². The second-order valence-corrected chi connectivity index (χ2v) is 8.73. The van der Waals surface area contributed by atoms with Crippen LogP contribution in [0.15, 0.2) is 12.4 Å². The first-order valence-electron chi connectivity index (χ1n) is 10.3. The largest absolute Gasteiger partial charge is 0.370 e. The molecule has 0 radical (unpaired) electrons. The molecule has 4 rings (SSSR count). The number of thiophene rings is 1. The van der Waals surface area contributed by atoms with Crippen LogP contribution >= 0.6 is 11.3 Å². The number of ether oxygens (including phenoxy) is 1. The highest BCUT2D eigenvalue weighted by Crippen LogP contribution is 2.44. The van der Waals surface area contributed by atoms with Crippen LogP contribution in [-0.2, 0) is 29.8 Å². The predicted octanol–water partition coefficient (Wildman–Crippen LogP) is 2.56. The zero-order chi connectivity index (χ0) is 19.6. The van der Waals surface area contributed by atoms with Crippen LogP contribution in [0.3, 0.4) is 0 Å². The fourth-order valence-electron chi connectivity index (χ4n) is 4.26. The van der Waals surface area contributed by atoms with E-state index in [4.69, 9.17) is 4.74 Å². The predicted molar refractivity (Wildman–Crippen MR) is 108 cm³/mol.